The number of benzene rings is 1. The maximum atomic E-state index is 12.8. The van der Waals surface area contributed by atoms with Crippen molar-refractivity contribution in [3.8, 4) is 0 Å². The van der Waals surface area contributed by atoms with Crippen molar-refractivity contribution in [1.82, 2.24) is 0 Å². The summed E-state index contributed by atoms with van der Waals surface area (Å²) in [5.74, 6) is -0.354. The van der Waals surface area contributed by atoms with Crippen molar-refractivity contribution < 1.29 is 23.4 Å². The number of ether oxygens (including phenoxy) is 3. The second-order valence-electron chi connectivity index (χ2n) is 3.58. The highest BCUT2D eigenvalue weighted by Crippen LogP contribution is 2.21. The van der Waals surface area contributed by atoms with Gasteiger partial charge in [0.25, 0.3) is 0 Å². The maximum Gasteiger partial charge on any atom is 0.405 e. The lowest BCUT2D eigenvalue weighted by molar-refractivity contribution is -0.0407. The number of carbonyl (C=O) groups excluding carboxylic acids is 1. The molecule has 0 heterocycles. The zero-order chi connectivity index (χ0) is 13.4. The second kappa shape index (κ2) is 7.62. The van der Waals surface area contributed by atoms with Crippen molar-refractivity contribution in [2.24, 2.45) is 5.73 Å². The fourth-order valence-electron chi connectivity index (χ4n) is 1.44. The largest absolute Gasteiger partial charge is 0.441 e. The standard InChI is InChI=1S/C12H16FNO4/c1-16-8-17-7-6-11(18-12(14)15)9-2-4-10(13)5-3-9/h2-5,11H,6-8H2,1H3,(H2,14,15)/t11-/m1/s1. The van der Waals surface area contributed by atoms with E-state index < -0.39 is 12.2 Å². The summed E-state index contributed by atoms with van der Waals surface area (Å²) in [5.41, 5.74) is 5.65. The van der Waals surface area contributed by atoms with Crippen LogP contribution in [0.5, 0.6) is 0 Å². The van der Waals surface area contributed by atoms with Crippen LogP contribution in [-0.2, 0) is 14.2 Å². The quantitative estimate of drug-likeness (QED) is 0.599. The molecule has 1 amide bonds. The van der Waals surface area contributed by atoms with Gasteiger partial charge in [-0.3, -0.25) is 0 Å². The van der Waals surface area contributed by atoms with Gasteiger partial charge in [0.2, 0.25) is 0 Å². The molecular formula is C12H16FNO4. The molecule has 1 aromatic carbocycles. The molecule has 6 heteroatoms. The van der Waals surface area contributed by atoms with E-state index >= 15 is 0 Å². The summed E-state index contributed by atoms with van der Waals surface area (Å²) < 4.78 is 27.6. The Kier molecular flexibility index (Phi) is 6.10. The summed E-state index contributed by atoms with van der Waals surface area (Å²) in [6.45, 7) is 0.496. The Morgan fingerprint density at radius 1 is 1.39 bits per heavy atom. The van der Waals surface area contributed by atoms with Crippen molar-refractivity contribution in [2.75, 3.05) is 20.5 Å². The van der Waals surface area contributed by atoms with E-state index in [0.717, 1.165) is 0 Å². The number of carbonyl (C=O) groups is 1. The smallest absolute Gasteiger partial charge is 0.405 e. The topological polar surface area (TPSA) is 70.8 Å². The van der Waals surface area contributed by atoms with Gasteiger partial charge in [0.1, 0.15) is 18.7 Å². The first-order chi connectivity index (χ1) is 8.63. The third kappa shape index (κ3) is 5.11. The average molecular weight is 257 g/mol. The Bertz CT molecular complexity index is 369. The van der Waals surface area contributed by atoms with E-state index in [0.29, 0.717) is 18.6 Å². The molecule has 0 fully saturated rings. The average Bonchev–Trinajstić information content (AvgIpc) is 2.34. The van der Waals surface area contributed by atoms with Gasteiger partial charge in [0.15, 0.2) is 0 Å². The molecule has 0 saturated carbocycles. The number of rotatable bonds is 7. The number of halogens is 1. The Labute approximate surface area is 105 Å². The second-order valence-corrected chi connectivity index (χ2v) is 3.58. The van der Waals surface area contributed by atoms with Gasteiger partial charge in [-0.15, -0.1) is 0 Å². The first kappa shape index (κ1) is 14.4. The molecule has 0 bridgehead atoms. The predicted octanol–water partition coefficient (Wildman–Crippen LogP) is 1.97. The maximum absolute atomic E-state index is 12.8. The predicted molar refractivity (Wildman–Crippen MR) is 62.3 cm³/mol. The van der Waals surface area contributed by atoms with E-state index in [1.54, 1.807) is 12.1 Å². The highest BCUT2D eigenvalue weighted by atomic mass is 19.1. The van der Waals surface area contributed by atoms with Crippen LogP contribution in [0.2, 0.25) is 0 Å². The first-order valence-corrected chi connectivity index (χ1v) is 5.41. The van der Waals surface area contributed by atoms with Crippen LogP contribution in [0.3, 0.4) is 0 Å². The van der Waals surface area contributed by atoms with E-state index in [-0.39, 0.29) is 12.6 Å². The van der Waals surface area contributed by atoms with Crippen LogP contribution in [-0.4, -0.2) is 26.6 Å². The number of primary amides is 1. The zero-order valence-corrected chi connectivity index (χ0v) is 10.1. The van der Waals surface area contributed by atoms with Gasteiger partial charge < -0.3 is 19.9 Å². The minimum absolute atomic E-state index is 0.159. The van der Waals surface area contributed by atoms with Gasteiger partial charge in [-0.1, -0.05) is 12.1 Å². The van der Waals surface area contributed by atoms with Gasteiger partial charge >= 0.3 is 6.09 Å². The fourth-order valence-corrected chi connectivity index (χ4v) is 1.44. The van der Waals surface area contributed by atoms with Crippen LogP contribution < -0.4 is 5.73 Å². The third-order valence-electron chi connectivity index (χ3n) is 2.23. The normalized spacial score (nSPS) is 12.1. The molecule has 1 rings (SSSR count). The third-order valence-corrected chi connectivity index (χ3v) is 2.23. The highest BCUT2D eigenvalue weighted by Gasteiger charge is 2.15. The van der Waals surface area contributed by atoms with Gasteiger partial charge in [0.05, 0.1) is 6.61 Å². The summed E-state index contributed by atoms with van der Waals surface area (Å²) in [7, 11) is 1.51. The molecule has 1 aromatic rings. The van der Waals surface area contributed by atoms with Crippen LogP contribution in [0.15, 0.2) is 24.3 Å². The lowest BCUT2D eigenvalue weighted by atomic mass is 10.1. The van der Waals surface area contributed by atoms with Crippen molar-refractivity contribution in [1.29, 1.82) is 0 Å². The van der Waals surface area contributed by atoms with Crippen molar-refractivity contribution >= 4 is 6.09 Å². The van der Waals surface area contributed by atoms with Gasteiger partial charge in [-0.2, -0.15) is 0 Å². The first-order valence-electron chi connectivity index (χ1n) is 5.41. The van der Waals surface area contributed by atoms with Crippen LogP contribution in [0.25, 0.3) is 0 Å². The Morgan fingerprint density at radius 3 is 2.61 bits per heavy atom. The molecule has 18 heavy (non-hydrogen) atoms. The van der Waals surface area contributed by atoms with Crippen LogP contribution in [0, 0.1) is 5.82 Å². The molecule has 0 spiro atoms. The summed E-state index contributed by atoms with van der Waals surface area (Å²) >= 11 is 0. The molecule has 0 aliphatic carbocycles. The van der Waals surface area contributed by atoms with E-state index in [4.69, 9.17) is 19.9 Å². The lowest BCUT2D eigenvalue weighted by Gasteiger charge is -2.17. The fraction of sp³-hybridized carbons (Fsp3) is 0.417. The Morgan fingerprint density at radius 2 is 2.06 bits per heavy atom. The summed E-state index contributed by atoms with van der Waals surface area (Å²) in [5, 5.41) is 0. The molecule has 2 N–H and O–H groups in total. The summed E-state index contributed by atoms with van der Waals surface area (Å²) in [6.07, 6.45) is -1.02. The van der Waals surface area contributed by atoms with Crippen LogP contribution >= 0.6 is 0 Å². The molecule has 0 aliphatic heterocycles. The number of amides is 1. The van der Waals surface area contributed by atoms with Gasteiger partial charge in [-0.25, -0.2) is 9.18 Å². The number of nitrogens with two attached hydrogens (primary N) is 1. The number of hydrogen-bond donors (Lipinski definition) is 1. The monoisotopic (exact) mass is 257 g/mol. The molecule has 0 aliphatic rings. The van der Waals surface area contributed by atoms with E-state index in [1.165, 1.54) is 19.2 Å². The molecule has 0 saturated heterocycles. The van der Waals surface area contributed by atoms with Crippen molar-refractivity contribution in [3.05, 3.63) is 35.6 Å². The minimum atomic E-state index is -0.879. The molecule has 5 nitrogen and oxygen atoms in total. The molecule has 0 aromatic heterocycles. The summed E-state index contributed by atoms with van der Waals surface area (Å²) in [6, 6.07) is 5.67. The minimum Gasteiger partial charge on any atom is -0.441 e. The number of methoxy groups -OCH3 is 1. The Balaban J connectivity index is 2.59. The SMILES string of the molecule is COCOCC[C@@H](OC(N)=O)c1ccc(F)cc1. The molecule has 0 radical (unpaired) electrons. The molecular weight excluding hydrogens is 241 g/mol. The van der Waals surface area contributed by atoms with Crippen molar-refractivity contribution in [3.63, 3.8) is 0 Å². The van der Waals surface area contributed by atoms with E-state index in [9.17, 15) is 9.18 Å². The molecule has 0 unspecified atom stereocenters. The van der Waals surface area contributed by atoms with Gasteiger partial charge in [-0.05, 0) is 17.7 Å². The highest BCUT2D eigenvalue weighted by molar-refractivity contribution is 5.65. The number of hydrogen-bond acceptors (Lipinski definition) is 4. The lowest BCUT2D eigenvalue weighted by Crippen LogP contribution is -2.19. The van der Waals surface area contributed by atoms with Crippen LogP contribution in [0.1, 0.15) is 18.1 Å². The van der Waals surface area contributed by atoms with E-state index in [1.807, 2.05) is 0 Å². The van der Waals surface area contributed by atoms with Crippen molar-refractivity contribution in [2.45, 2.75) is 12.5 Å². The van der Waals surface area contributed by atoms with Gasteiger partial charge in [0, 0.05) is 13.5 Å². The van der Waals surface area contributed by atoms with E-state index in [2.05, 4.69) is 0 Å². The summed E-state index contributed by atoms with van der Waals surface area (Å²) in [4.78, 5) is 10.8. The Hall–Kier alpha value is -1.66. The van der Waals surface area contributed by atoms with Crippen LogP contribution in [0.4, 0.5) is 9.18 Å². The molecule has 100 valence electrons. The zero-order valence-electron chi connectivity index (χ0n) is 10.1. The molecule has 1 atom stereocenters.